The summed E-state index contributed by atoms with van der Waals surface area (Å²) in [4.78, 5) is 23.7. The van der Waals surface area contributed by atoms with Gasteiger partial charge in [0.2, 0.25) is 0 Å². The molecule has 0 saturated carbocycles. The predicted molar refractivity (Wildman–Crippen MR) is 91.3 cm³/mol. The van der Waals surface area contributed by atoms with Crippen LogP contribution in [0.4, 0.5) is 5.69 Å². The quantitative estimate of drug-likeness (QED) is 0.837. The second-order valence-electron chi connectivity index (χ2n) is 5.19. The summed E-state index contributed by atoms with van der Waals surface area (Å²) < 4.78 is 30.4. The molecule has 0 unspecified atom stereocenters. The van der Waals surface area contributed by atoms with Crippen LogP contribution in [0.15, 0.2) is 37.2 Å². The standard InChI is InChI=1S/C14H16BrN3O4S/c1-8-7-10(15)5-6-11(8)16-23(21,22)12-9(2)17(3)14(20)18(4)13(12)19/h5-7,16H,1-4H3. The number of benzene rings is 1. The third-order valence-electron chi connectivity index (χ3n) is 3.61. The number of sulfonamides is 1. The Labute approximate surface area is 141 Å². The van der Waals surface area contributed by atoms with E-state index < -0.39 is 26.2 Å². The van der Waals surface area contributed by atoms with Gasteiger partial charge in [-0.25, -0.2) is 13.2 Å². The van der Waals surface area contributed by atoms with Crippen LogP contribution in [0.2, 0.25) is 0 Å². The number of nitrogens with one attached hydrogen (secondary N) is 1. The summed E-state index contributed by atoms with van der Waals surface area (Å²) in [6, 6.07) is 5.04. The van der Waals surface area contributed by atoms with Crippen LogP contribution < -0.4 is 16.0 Å². The van der Waals surface area contributed by atoms with Crippen LogP contribution in [0.1, 0.15) is 11.3 Å². The molecule has 1 aromatic carbocycles. The molecule has 2 aromatic rings. The minimum atomic E-state index is -4.13. The minimum absolute atomic E-state index is 0.0837. The fourth-order valence-electron chi connectivity index (χ4n) is 2.16. The molecule has 0 atom stereocenters. The fourth-order valence-corrected chi connectivity index (χ4v) is 4.15. The van der Waals surface area contributed by atoms with Gasteiger partial charge < -0.3 is 0 Å². The maximum Gasteiger partial charge on any atom is 0.330 e. The first-order valence-corrected chi connectivity index (χ1v) is 8.89. The molecule has 0 amide bonds. The molecule has 0 aliphatic heterocycles. The van der Waals surface area contributed by atoms with Gasteiger partial charge >= 0.3 is 5.69 Å². The molecule has 0 fully saturated rings. The Balaban J connectivity index is 2.66. The summed E-state index contributed by atoms with van der Waals surface area (Å²) in [5.41, 5.74) is -0.287. The van der Waals surface area contributed by atoms with Gasteiger partial charge in [-0.2, -0.15) is 0 Å². The molecular formula is C14H16BrN3O4S. The number of halogens is 1. The maximum atomic E-state index is 12.6. The van der Waals surface area contributed by atoms with Crippen molar-refractivity contribution in [3.8, 4) is 0 Å². The van der Waals surface area contributed by atoms with Crippen LogP contribution in [-0.4, -0.2) is 17.6 Å². The van der Waals surface area contributed by atoms with E-state index in [1.54, 1.807) is 25.1 Å². The first kappa shape index (κ1) is 17.5. The Morgan fingerprint density at radius 3 is 2.26 bits per heavy atom. The Morgan fingerprint density at radius 2 is 1.70 bits per heavy atom. The van der Waals surface area contributed by atoms with Gasteiger partial charge in [0.25, 0.3) is 15.6 Å². The Kier molecular flexibility index (Phi) is 4.54. The molecule has 9 heteroatoms. The molecule has 2 rings (SSSR count). The van der Waals surface area contributed by atoms with E-state index in [1.807, 2.05) is 0 Å². The Morgan fingerprint density at radius 1 is 1.09 bits per heavy atom. The number of hydrogen-bond acceptors (Lipinski definition) is 4. The number of aryl methyl sites for hydroxylation is 1. The van der Waals surface area contributed by atoms with Crippen molar-refractivity contribution in [2.75, 3.05) is 4.72 Å². The van der Waals surface area contributed by atoms with Crippen LogP contribution in [0.25, 0.3) is 0 Å². The van der Waals surface area contributed by atoms with Crippen molar-refractivity contribution >= 4 is 31.6 Å². The molecule has 23 heavy (non-hydrogen) atoms. The summed E-state index contributed by atoms with van der Waals surface area (Å²) >= 11 is 3.30. The first-order chi connectivity index (χ1) is 10.6. The highest BCUT2D eigenvalue weighted by Crippen LogP contribution is 2.22. The molecule has 7 nitrogen and oxygen atoms in total. The van der Waals surface area contributed by atoms with E-state index in [1.165, 1.54) is 21.0 Å². The molecule has 124 valence electrons. The van der Waals surface area contributed by atoms with Gasteiger partial charge in [0.1, 0.15) is 0 Å². The molecule has 1 heterocycles. The zero-order valence-electron chi connectivity index (χ0n) is 13.0. The van der Waals surface area contributed by atoms with Crippen molar-refractivity contribution in [3.63, 3.8) is 0 Å². The number of aromatic nitrogens is 2. The van der Waals surface area contributed by atoms with Gasteiger partial charge in [-0.3, -0.25) is 18.7 Å². The van der Waals surface area contributed by atoms with Gasteiger partial charge in [0, 0.05) is 24.3 Å². The van der Waals surface area contributed by atoms with Crippen LogP contribution in [-0.2, 0) is 24.1 Å². The SMILES string of the molecule is Cc1cc(Br)ccc1NS(=O)(=O)c1c(C)n(C)c(=O)n(C)c1=O. The summed E-state index contributed by atoms with van der Waals surface area (Å²) in [5.74, 6) is 0. The van der Waals surface area contributed by atoms with Crippen molar-refractivity contribution in [1.29, 1.82) is 0 Å². The molecule has 0 aliphatic rings. The number of anilines is 1. The summed E-state index contributed by atoms with van der Waals surface area (Å²) in [7, 11) is -1.47. The normalized spacial score (nSPS) is 11.5. The fraction of sp³-hybridized carbons (Fsp3) is 0.286. The van der Waals surface area contributed by atoms with Crippen molar-refractivity contribution in [2.24, 2.45) is 14.1 Å². The van der Waals surface area contributed by atoms with Crippen molar-refractivity contribution < 1.29 is 8.42 Å². The molecule has 0 bridgehead atoms. The Hall–Kier alpha value is -1.87. The molecule has 0 radical (unpaired) electrons. The van der Waals surface area contributed by atoms with E-state index in [9.17, 15) is 18.0 Å². The van der Waals surface area contributed by atoms with Gasteiger partial charge in [-0.1, -0.05) is 15.9 Å². The summed E-state index contributed by atoms with van der Waals surface area (Å²) in [6.07, 6.45) is 0. The third-order valence-corrected chi connectivity index (χ3v) is 5.60. The highest BCUT2D eigenvalue weighted by atomic mass is 79.9. The first-order valence-electron chi connectivity index (χ1n) is 6.62. The van der Waals surface area contributed by atoms with Crippen molar-refractivity contribution in [1.82, 2.24) is 9.13 Å². The Bertz CT molecular complexity index is 1010. The largest absolute Gasteiger partial charge is 0.330 e. The lowest BCUT2D eigenvalue weighted by Crippen LogP contribution is -2.42. The number of nitrogens with zero attached hydrogens (tertiary/aromatic N) is 2. The van der Waals surface area contributed by atoms with Gasteiger partial charge in [-0.05, 0) is 37.6 Å². The van der Waals surface area contributed by atoms with E-state index in [4.69, 9.17) is 0 Å². The molecule has 0 spiro atoms. The molecule has 1 aromatic heterocycles. The molecule has 1 N–H and O–H groups in total. The van der Waals surface area contributed by atoms with Gasteiger partial charge in [0.05, 0.1) is 5.69 Å². The van der Waals surface area contributed by atoms with E-state index in [0.29, 0.717) is 11.3 Å². The lowest BCUT2D eigenvalue weighted by molar-refractivity contribution is 0.583. The van der Waals surface area contributed by atoms with Crippen LogP contribution in [0, 0.1) is 13.8 Å². The van der Waals surface area contributed by atoms with E-state index in [-0.39, 0.29) is 5.69 Å². The zero-order valence-corrected chi connectivity index (χ0v) is 15.4. The second kappa shape index (κ2) is 5.97. The highest BCUT2D eigenvalue weighted by molar-refractivity contribution is 9.10. The molecular weight excluding hydrogens is 386 g/mol. The van der Waals surface area contributed by atoms with Crippen LogP contribution in [0.3, 0.4) is 0 Å². The number of hydrogen-bond donors (Lipinski definition) is 1. The topological polar surface area (TPSA) is 90.2 Å². The third kappa shape index (κ3) is 3.11. The lowest BCUT2D eigenvalue weighted by Gasteiger charge is -2.14. The average molecular weight is 402 g/mol. The number of rotatable bonds is 3. The highest BCUT2D eigenvalue weighted by Gasteiger charge is 2.25. The van der Waals surface area contributed by atoms with E-state index in [2.05, 4.69) is 20.7 Å². The van der Waals surface area contributed by atoms with Crippen molar-refractivity contribution in [3.05, 3.63) is 54.8 Å². The van der Waals surface area contributed by atoms with E-state index in [0.717, 1.165) is 13.6 Å². The minimum Gasteiger partial charge on any atom is -0.300 e. The van der Waals surface area contributed by atoms with E-state index >= 15 is 0 Å². The molecule has 0 aliphatic carbocycles. The smallest absolute Gasteiger partial charge is 0.300 e. The van der Waals surface area contributed by atoms with Crippen LogP contribution >= 0.6 is 15.9 Å². The van der Waals surface area contributed by atoms with Gasteiger partial charge in [0.15, 0.2) is 4.90 Å². The predicted octanol–water partition coefficient (Wildman–Crippen LogP) is 1.26. The lowest BCUT2D eigenvalue weighted by atomic mass is 10.2. The zero-order chi connectivity index (χ0) is 17.5. The summed E-state index contributed by atoms with van der Waals surface area (Å²) in [6.45, 7) is 3.17. The van der Waals surface area contributed by atoms with Crippen LogP contribution in [0.5, 0.6) is 0 Å². The average Bonchev–Trinajstić information content (AvgIpc) is 2.46. The van der Waals surface area contributed by atoms with Gasteiger partial charge in [-0.15, -0.1) is 0 Å². The summed E-state index contributed by atoms with van der Waals surface area (Å²) in [5, 5.41) is 0. The van der Waals surface area contributed by atoms with Crippen molar-refractivity contribution in [2.45, 2.75) is 18.7 Å². The monoisotopic (exact) mass is 401 g/mol. The maximum absolute atomic E-state index is 12.6. The molecule has 0 saturated heterocycles. The second-order valence-corrected chi connectivity index (χ2v) is 7.72.